The Morgan fingerprint density at radius 1 is 1.38 bits per heavy atom. The minimum absolute atomic E-state index is 0.164. The van der Waals surface area contributed by atoms with E-state index in [0.717, 1.165) is 6.07 Å². The van der Waals surface area contributed by atoms with Gasteiger partial charge in [-0.25, -0.2) is 8.78 Å². The molecule has 88 valence electrons. The Morgan fingerprint density at radius 3 is 2.50 bits per heavy atom. The molecule has 0 aromatic heterocycles. The largest absolute Gasteiger partial charge is 0.481 e. The summed E-state index contributed by atoms with van der Waals surface area (Å²) in [5.74, 6) is -4.54. The molecule has 0 atom stereocenters. The van der Waals surface area contributed by atoms with Gasteiger partial charge in [-0.1, -0.05) is 29.3 Å². The van der Waals surface area contributed by atoms with Crippen molar-refractivity contribution in [1.29, 1.82) is 0 Å². The molecule has 0 amide bonds. The van der Waals surface area contributed by atoms with Gasteiger partial charge in [-0.05, 0) is 12.1 Å². The van der Waals surface area contributed by atoms with Crippen LogP contribution in [0.1, 0.15) is 18.4 Å². The highest BCUT2D eigenvalue weighted by Crippen LogP contribution is 2.38. The van der Waals surface area contributed by atoms with E-state index in [9.17, 15) is 13.6 Å². The molecule has 0 aliphatic carbocycles. The molecule has 0 aliphatic heterocycles. The predicted molar refractivity (Wildman–Crippen MR) is 57.2 cm³/mol. The van der Waals surface area contributed by atoms with Crippen LogP contribution in [0.15, 0.2) is 18.2 Å². The van der Waals surface area contributed by atoms with Gasteiger partial charge in [-0.3, -0.25) is 4.79 Å². The average molecular weight is 269 g/mol. The van der Waals surface area contributed by atoms with Crippen LogP contribution in [0.2, 0.25) is 10.0 Å². The highest BCUT2D eigenvalue weighted by atomic mass is 35.5. The number of halogens is 4. The summed E-state index contributed by atoms with van der Waals surface area (Å²) in [7, 11) is 0. The van der Waals surface area contributed by atoms with Crippen molar-refractivity contribution in [2.24, 2.45) is 0 Å². The highest BCUT2D eigenvalue weighted by molar-refractivity contribution is 6.35. The highest BCUT2D eigenvalue weighted by Gasteiger charge is 2.34. The summed E-state index contributed by atoms with van der Waals surface area (Å²) in [5.41, 5.74) is -0.403. The standard InChI is InChI=1S/C10H8Cl2F2O2/c11-6-1-2-7(8(12)5-6)10(13,14)4-3-9(15)16/h1-2,5H,3-4H2,(H,15,16). The Morgan fingerprint density at radius 2 is 2.00 bits per heavy atom. The molecule has 0 bridgehead atoms. The second kappa shape index (κ2) is 4.97. The van der Waals surface area contributed by atoms with E-state index in [1.165, 1.54) is 12.1 Å². The number of aliphatic carboxylic acids is 1. The van der Waals surface area contributed by atoms with Gasteiger partial charge in [0.05, 0.1) is 11.4 Å². The van der Waals surface area contributed by atoms with Gasteiger partial charge in [-0.2, -0.15) is 0 Å². The number of carboxylic acid groups (broad SMARTS) is 1. The molecule has 0 heterocycles. The van der Waals surface area contributed by atoms with Crippen LogP contribution >= 0.6 is 23.2 Å². The van der Waals surface area contributed by atoms with Gasteiger partial charge in [0.25, 0.3) is 5.92 Å². The molecular formula is C10H8Cl2F2O2. The molecule has 1 rings (SSSR count). The van der Waals surface area contributed by atoms with Crippen molar-refractivity contribution >= 4 is 29.2 Å². The number of benzene rings is 1. The molecule has 16 heavy (non-hydrogen) atoms. The number of carboxylic acids is 1. The van der Waals surface area contributed by atoms with Crippen molar-refractivity contribution in [2.75, 3.05) is 0 Å². The van der Waals surface area contributed by atoms with E-state index in [1.807, 2.05) is 0 Å². The first kappa shape index (κ1) is 13.2. The first-order chi connectivity index (χ1) is 7.33. The fourth-order valence-electron chi connectivity index (χ4n) is 1.18. The first-order valence-electron chi connectivity index (χ1n) is 4.38. The van der Waals surface area contributed by atoms with E-state index < -0.39 is 30.3 Å². The molecule has 1 aromatic carbocycles. The van der Waals surface area contributed by atoms with E-state index >= 15 is 0 Å². The molecule has 1 N–H and O–H groups in total. The third-order valence-electron chi connectivity index (χ3n) is 1.98. The van der Waals surface area contributed by atoms with Crippen LogP contribution < -0.4 is 0 Å². The monoisotopic (exact) mass is 268 g/mol. The molecule has 2 nitrogen and oxygen atoms in total. The van der Waals surface area contributed by atoms with Crippen LogP contribution in [0.4, 0.5) is 8.78 Å². The van der Waals surface area contributed by atoms with Crippen LogP contribution in [0.25, 0.3) is 0 Å². The van der Waals surface area contributed by atoms with Gasteiger partial charge in [0, 0.05) is 17.0 Å². The number of hydrogen-bond donors (Lipinski definition) is 1. The third kappa shape index (κ3) is 3.32. The zero-order valence-electron chi connectivity index (χ0n) is 8.01. The zero-order chi connectivity index (χ0) is 12.3. The van der Waals surface area contributed by atoms with E-state index in [1.54, 1.807) is 0 Å². The predicted octanol–water partition coefficient (Wildman–Crippen LogP) is 3.95. The smallest absolute Gasteiger partial charge is 0.303 e. The molecule has 0 spiro atoms. The molecular weight excluding hydrogens is 261 g/mol. The molecule has 0 unspecified atom stereocenters. The summed E-state index contributed by atoms with van der Waals surface area (Å²) in [6, 6.07) is 3.59. The second-order valence-corrected chi connectivity index (χ2v) is 4.07. The maximum atomic E-state index is 13.5. The Hall–Kier alpha value is -0.870. The lowest BCUT2D eigenvalue weighted by Crippen LogP contribution is -2.15. The first-order valence-corrected chi connectivity index (χ1v) is 5.13. The number of hydrogen-bond acceptors (Lipinski definition) is 1. The molecule has 0 aliphatic rings. The average Bonchev–Trinajstić information content (AvgIpc) is 2.14. The molecule has 6 heteroatoms. The maximum Gasteiger partial charge on any atom is 0.303 e. The topological polar surface area (TPSA) is 37.3 Å². The van der Waals surface area contributed by atoms with E-state index in [4.69, 9.17) is 28.3 Å². The Labute approximate surface area is 101 Å². The molecule has 0 saturated heterocycles. The lowest BCUT2D eigenvalue weighted by molar-refractivity contribution is -0.139. The molecule has 0 radical (unpaired) electrons. The summed E-state index contributed by atoms with van der Waals surface area (Å²) in [5, 5.41) is 8.44. The van der Waals surface area contributed by atoms with Gasteiger partial charge in [0.15, 0.2) is 0 Å². The Kier molecular flexibility index (Phi) is 4.10. The van der Waals surface area contributed by atoms with E-state index in [0.29, 0.717) is 0 Å². The number of carbonyl (C=O) groups is 1. The molecule has 0 fully saturated rings. The molecule has 0 saturated carbocycles. The van der Waals surface area contributed by atoms with Gasteiger partial charge in [0.1, 0.15) is 0 Å². The van der Waals surface area contributed by atoms with Crippen molar-refractivity contribution in [2.45, 2.75) is 18.8 Å². The van der Waals surface area contributed by atoms with Crippen LogP contribution in [0, 0.1) is 0 Å². The van der Waals surface area contributed by atoms with E-state index in [-0.39, 0.29) is 10.0 Å². The van der Waals surface area contributed by atoms with Crippen molar-refractivity contribution < 1.29 is 18.7 Å². The quantitative estimate of drug-likeness (QED) is 0.898. The van der Waals surface area contributed by atoms with Crippen LogP contribution in [-0.4, -0.2) is 11.1 Å². The third-order valence-corrected chi connectivity index (χ3v) is 2.53. The summed E-state index contributed by atoms with van der Waals surface area (Å²) >= 11 is 11.2. The van der Waals surface area contributed by atoms with Crippen LogP contribution in [0.5, 0.6) is 0 Å². The maximum absolute atomic E-state index is 13.5. The SMILES string of the molecule is O=C(O)CCC(F)(F)c1ccc(Cl)cc1Cl. The van der Waals surface area contributed by atoms with Gasteiger partial charge in [0.2, 0.25) is 0 Å². The fraction of sp³-hybridized carbons (Fsp3) is 0.300. The molecule has 1 aromatic rings. The Bertz CT molecular complexity index is 408. The van der Waals surface area contributed by atoms with Crippen LogP contribution in [0.3, 0.4) is 0 Å². The summed E-state index contributed by atoms with van der Waals surface area (Å²) in [6.45, 7) is 0. The summed E-state index contributed by atoms with van der Waals surface area (Å²) in [6.07, 6.45) is -1.41. The summed E-state index contributed by atoms with van der Waals surface area (Å²) in [4.78, 5) is 10.2. The Balaban J connectivity index is 2.92. The minimum atomic E-state index is -3.26. The lowest BCUT2D eigenvalue weighted by Gasteiger charge is -2.17. The fourth-order valence-corrected chi connectivity index (χ4v) is 1.73. The van der Waals surface area contributed by atoms with Crippen molar-refractivity contribution in [1.82, 2.24) is 0 Å². The van der Waals surface area contributed by atoms with Gasteiger partial charge < -0.3 is 5.11 Å². The lowest BCUT2D eigenvalue weighted by atomic mass is 10.0. The zero-order valence-corrected chi connectivity index (χ0v) is 9.53. The van der Waals surface area contributed by atoms with Crippen LogP contribution in [-0.2, 0) is 10.7 Å². The summed E-state index contributed by atoms with van der Waals surface area (Å²) < 4.78 is 27.0. The van der Waals surface area contributed by atoms with Gasteiger partial charge in [-0.15, -0.1) is 0 Å². The van der Waals surface area contributed by atoms with Crippen molar-refractivity contribution in [3.63, 3.8) is 0 Å². The number of alkyl halides is 2. The van der Waals surface area contributed by atoms with Crippen molar-refractivity contribution in [3.8, 4) is 0 Å². The number of rotatable bonds is 4. The minimum Gasteiger partial charge on any atom is -0.481 e. The van der Waals surface area contributed by atoms with Gasteiger partial charge >= 0.3 is 5.97 Å². The normalized spacial score (nSPS) is 11.5. The second-order valence-electron chi connectivity index (χ2n) is 3.22. The van der Waals surface area contributed by atoms with Crippen molar-refractivity contribution in [3.05, 3.63) is 33.8 Å². The van der Waals surface area contributed by atoms with E-state index in [2.05, 4.69) is 0 Å².